The van der Waals surface area contributed by atoms with Crippen LogP contribution in [0, 0.1) is 5.41 Å². The summed E-state index contributed by atoms with van der Waals surface area (Å²) in [5.74, 6) is 1.06. The topological polar surface area (TPSA) is 68.7 Å². The lowest BCUT2D eigenvalue weighted by Gasteiger charge is -2.35. The summed E-state index contributed by atoms with van der Waals surface area (Å²) in [6.45, 7) is 10.4. The highest BCUT2D eigenvalue weighted by molar-refractivity contribution is 5.78. The lowest BCUT2D eigenvalue weighted by Crippen LogP contribution is -2.50. The van der Waals surface area contributed by atoms with Crippen molar-refractivity contribution >= 4 is 11.7 Å². The molecular weight excluding hydrogens is 304 g/mol. The van der Waals surface area contributed by atoms with Crippen molar-refractivity contribution in [1.82, 2.24) is 15.2 Å². The Morgan fingerprint density at radius 1 is 1.33 bits per heavy atom. The molecule has 1 saturated heterocycles. The maximum Gasteiger partial charge on any atom is 0.234 e. The largest absolute Gasteiger partial charge is 0.393 e. The Morgan fingerprint density at radius 3 is 2.62 bits per heavy atom. The summed E-state index contributed by atoms with van der Waals surface area (Å²) in [7, 11) is 0. The highest BCUT2D eigenvalue weighted by Crippen LogP contribution is 2.21. The van der Waals surface area contributed by atoms with E-state index >= 15 is 0 Å². The molecule has 134 valence electrons. The maximum absolute atomic E-state index is 12.2. The van der Waals surface area contributed by atoms with E-state index in [9.17, 15) is 9.90 Å². The number of aliphatic hydroxyl groups is 1. The fourth-order valence-electron chi connectivity index (χ4n) is 3.14. The number of hydrogen-bond acceptors (Lipinski definition) is 5. The van der Waals surface area contributed by atoms with Crippen LogP contribution < -0.4 is 10.2 Å². The number of carbonyl (C=O) groups excluding carboxylic acids is 1. The molecule has 0 radical (unpaired) electrons. The first-order valence-corrected chi connectivity index (χ1v) is 8.69. The van der Waals surface area contributed by atoms with Crippen molar-refractivity contribution in [2.45, 2.75) is 33.3 Å². The molecule has 0 aliphatic carbocycles. The van der Waals surface area contributed by atoms with Gasteiger partial charge in [-0.3, -0.25) is 9.69 Å². The number of aromatic nitrogens is 1. The summed E-state index contributed by atoms with van der Waals surface area (Å²) in [4.78, 5) is 21.0. The van der Waals surface area contributed by atoms with E-state index in [0.29, 0.717) is 19.5 Å². The molecule has 2 N–H and O–H groups in total. The lowest BCUT2D eigenvalue weighted by atomic mass is 9.87. The van der Waals surface area contributed by atoms with Crippen LogP contribution in [0.15, 0.2) is 24.4 Å². The van der Waals surface area contributed by atoms with Crippen LogP contribution >= 0.6 is 0 Å². The summed E-state index contributed by atoms with van der Waals surface area (Å²) < 4.78 is 0. The van der Waals surface area contributed by atoms with Crippen LogP contribution in [-0.2, 0) is 4.79 Å². The van der Waals surface area contributed by atoms with Gasteiger partial charge in [0.2, 0.25) is 5.91 Å². The Hall–Kier alpha value is -1.66. The quantitative estimate of drug-likeness (QED) is 0.782. The molecule has 1 aliphatic rings. The molecule has 0 spiro atoms. The van der Waals surface area contributed by atoms with Crippen molar-refractivity contribution in [3.05, 3.63) is 24.4 Å². The minimum atomic E-state index is -0.350. The Labute approximate surface area is 144 Å². The van der Waals surface area contributed by atoms with Crippen LogP contribution in [0.1, 0.15) is 27.2 Å². The smallest absolute Gasteiger partial charge is 0.234 e. The number of nitrogens with zero attached hydrogens (tertiary/aromatic N) is 3. The third-order valence-corrected chi connectivity index (χ3v) is 4.32. The molecule has 6 nitrogen and oxygen atoms in total. The molecule has 1 amide bonds. The molecule has 2 rings (SSSR count). The fraction of sp³-hybridized carbons (Fsp3) is 0.667. The molecule has 0 bridgehead atoms. The average molecular weight is 334 g/mol. The molecule has 2 heterocycles. The molecular formula is C18H30N4O2. The molecule has 1 aliphatic heterocycles. The van der Waals surface area contributed by atoms with Gasteiger partial charge in [0.1, 0.15) is 5.82 Å². The second-order valence-electron chi connectivity index (χ2n) is 7.45. The van der Waals surface area contributed by atoms with E-state index in [0.717, 1.165) is 32.0 Å². The molecule has 1 aromatic heterocycles. The SMILES string of the molecule is CC(O)CC(C)(C)CNC(=O)CN1CCN(c2ccccn2)CC1. The highest BCUT2D eigenvalue weighted by Gasteiger charge is 2.23. The van der Waals surface area contributed by atoms with E-state index in [-0.39, 0.29) is 17.4 Å². The van der Waals surface area contributed by atoms with Gasteiger partial charge in [-0.25, -0.2) is 4.98 Å². The fourth-order valence-corrected chi connectivity index (χ4v) is 3.14. The van der Waals surface area contributed by atoms with Crippen molar-refractivity contribution < 1.29 is 9.90 Å². The van der Waals surface area contributed by atoms with Gasteiger partial charge in [0.15, 0.2) is 0 Å². The molecule has 6 heteroatoms. The minimum Gasteiger partial charge on any atom is -0.393 e. The first kappa shape index (κ1) is 18.7. The number of anilines is 1. The number of rotatable bonds is 7. The van der Waals surface area contributed by atoms with Crippen molar-refractivity contribution in [3.8, 4) is 0 Å². The Morgan fingerprint density at radius 2 is 2.04 bits per heavy atom. The zero-order chi connectivity index (χ0) is 17.6. The van der Waals surface area contributed by atoms with E-state index in [1.807, 2.05) is 24.4 Å². The Balaban J connectivity index is 1.71. The summed E-state index contributed by atoms with van der Waals surface area (Å²) in [6.07, 6.45) is 2.14. The van der Waals surface area contributed by atoms with E-state index in [1.54, 1.807) is 6.92 Å². The number of carbonyl (C=O) groups is 1. The number of amides is 1. The average Bonchev–Trinajstić information content (AvgIpc) is 2.53. The molecule has 0 saturated carbocycles. The number of pyridine rings is 1. The predicted molar refractivity (Wildman–Crippen MR) is 96.0 cm³/mol. The van der Waals surface area contributed by atoms with Gasteiger partial charge in [0.25, 0.3) is 0 Å². The number of hydrogen-bond donors (Lipinski definition) is 2. The van der Waals surface area contributed by atoms with E-state index in [2.05, 4.69) is 33.9 Å². The van der Waals surface area contributed by atoms with Gasteiger partial charge in [0, 0.05) is 38.9 Å². The van der Waals surface area contributed by atoms with Crippen LogP contribution in [0.3, 0.4) is 0 Å². The maximum atomic E-state index is 12.2. The summed E-state index contributed by atoms with van der Waals surface area (Å²) in [5, 5.41) is 12.5. The van der Waals surface area contributed by atoms with Gasteiger partial charge >= 0.3 is 0 Å². The van der Waals surface area contributed by atoms with Crippen LogP contribution in [0.5, 0.6) is 0 Å². The van der Waals surface area contributed by atoms with Gasteiger partial charge in [0.05, 0.1) is 12.6 Å². The van der Waals surface area contributed by atoms with Gasteiger partial charge in [-0.1, -0.05) is 19.9 Å². The molecule has 1 unspecified atom stereocenters. The van der Waals surface area contributed by atoms with Crippen LogP contribution in [-0.4, -0.2) is 66.3 Å². The zero-order valence-corrected chi connectivity index (χ0v) is 15.0. The van der Waals surface area contributed by atoms with E-state index in [1.165, 1.54) is 0 Å². The van der Waals surface area contributed by atoms with Crippen molar-refractivity contribution in [3.63, 3.8) is 0 Å². The predicted octanol–water partition coefficient (Wildman–Crippen LogP) is 1.12. The monoisotopic (exact) mass is 334 g/mol. The van der Waals surface area contributed by atoms with Gasteiger partial charge < -0.3 is 15.3 Å². The highest BCUT2D eigenvalue weighted by atomic mass is 16.3. The third-order valence-electron chi connectivity index (χ3n) is 4.32. The summed E-state index contributed by atoms with van der Waals surface area (Å²) in [5.41, 5.74) is -0.0957. The number of aliphatic hydroxyl groups excluding tert-OH is 1. The first-order chi connectivity index (χ1) is 11.4. The second kappa shape index (κ2) is 8.44. The normalized spacial score (nSPS) is 17.6. The van der Waals surface area contributed by atoms with Gasteiger partial charge in [-0.05, 0) is 30.9 Å². The van der Waals surface area contributed by atoms with Gasteiger partial charge in [-0.2, -0.15) is 0 Å². The standard InChI is InChI=1S/C18H30N4O2/c1-15(23)12-18(2,3)14-20-17(24)13-21-8-10-22(11-9-21)16-6-4-5-7-19-16/h4-7,15,23H,8-14H2,1-3H3,(H,20,24). The Bertz CT molecular complexity index is 511. The molecule has 1 aromatic rings. The van der Waals surface area contributed by atoms with E-state index < -0.39 is 0 Å². The van der Waals surface area contributed by atoms with E-state index in [4.69, 9.17) is 0 Å². The third kappa shape index (κ3) is 6.09. The van der Waals surface area contributed by atoms with Crippen LogP contribution in [0.4, 0.5) is 5.82 Å². The Kier molecular flexibility index (Phi) is 6.57. The van der Waals surface area contributed by atoms with Crippen molar-refractivity contribution in [1.29, 1.82) is 0 Å². The van der Waals surface area contributed by atoms with Gasteiger partial charge in [-0.15, -0.1) is 0 Å². The molecule has 1 fully saturated rings. The first-order valence-electron chi connectivity index (χ1n) is 8.69. The van der Waals surface area contributed by atoms with Crippen molar-refractivity contribution in [2.75, 3.05) is 44.2 Å². The number of nitrogens with one attached hydrogen (secondary N) is 1. The molecule has 1 atom stereocenters. The number of piperazine rings is 1. The lowest BCUT2D eigenvalue weighted by molar-refractivity contribution is -0.122. The van der Waals surface area contributed by atoms with Crippen molar-refractivity contribution in [2.24, 2.45) is 5.41 Å². The zero-order valence-electron chi connectivity index (χ0n) is 15.0. The molecule has 0 aromatic carbocycles. The summed E-state index contributed by atoms with van der Waals surface area (Å²) >= 11 is 0. The van der Waals surface area contributed by atoms with Crippen LogP contribution in [0.25, 0.3) is 0 Å². The minimum absolute atomic E-state index is 0.0555. The summed E-state index contributed by atoms with van der Waals surface area (Å²) in [6, 6.07) is 5.94. The van der Waals surface area contributed by atoms with Crippen LogP contribution in [0.2, 0.25) is 0 Å². The molecule has 24 heavy (non-hydrogen) atoms. The second-order valence-corrected chi connectivity index (χ2v) is 7.45.